The van der Waals surface area contributed by atoms with Crippen molar-refractivity contribution in [3.05, 3.63) is 36.9 Å². The first kappa shape index (κ1) is 14.7. The maximum atomic E-state index is 5.47. The summed E-state index contributed by atoms with van der Waals surface area (Å²) in [5, 5.41) is 4.57. The maximum Gasteiger partial charge on any atom is 0.226 e. The summed E-state index contributed by atoms with van der Waals surface area (Å²) in [4.78, 5) is 17.5. The Bertz CT molecular complexity index is 846. The SMILES string of the molecule is CN(C)c1nccc(NC2CCN(c3nccc4occc34)C2)n1. The highest BCUT2D eigenvalue weighted by Crippen LogP contribution is 2.28. The lowest BCUT2D eigenvalue weighted by Crippen LogP contribution is -2.27. The quantitative estimate of drug-likeness (QED) is 0.790. The molecule has 4 heterocycles. The second kappa shape index (κ2) is 5.99. The highest BCUT2D eigenvalue weighted by atomic mass is 16.3. The summed E-state index contributed by atoms with van der Waals surface area (Å²) in [7, 11) is 3.88. The molecule has 0 spiro atoms. The molecule has 0 amide bonds. The van der Waals surface area contributed by atoms with Gasteiger partial charge < -0.3 is 19.5 Å². The van der Waals surface area contributed by atoms with Crippen LogP contribution in [0.1, 0.15) is 6.42 Å². The predicted octanol–water partition coefficient (Wildman–Crippen LogP) is 2.37. The zero-order valence-corrected chi connectivity index (χ0v) is 13.8. The van der Waals surface area contributed by atoms with Crippen LogP contribution < -0.4 is 15.1 Å². The molecule has 124 valence electrons. The Morgan fingerprint density at radius 3 is 2.96 bits per heavy atom. The van der Waals surface area contributed by atoms with E-state index < -0.39 is 0 Å². The molecule has 4 rings (SSSR count). The van der Waals surface area contributed by atoms with Crippen molar-refractivity contribution in [3.8, 4) is 0 Å². The Kier molecular flexibility index (Phi) is 3.68. The molecule has 1 atom stereocenters. The molecule has 24 heavy (non-hydrogen) atoms. The van der Waals surface area contributed by atoms with Crippen molar-refractivity contribution in [2.45, 2.75) is 12.5 Å². The molecule has 7 heteroatoms. The van der Waals surface area contributed by atoms with Gasteiger partial charge in [0.2, 0.25) is 5.95 Å². The van der Waals surface area contributed by atoms with E-state index in [1.165, 1.54) is 0 Å². The monoisotopic (exact) mass is 324 g/mol. The summed E-state index contributed by atoms with van der Waals surface area (Å²) in [6.45, 7) is 1.85. The molecule has 1 unspecified atom stereocenters. The predicted molar refractivity (Wildman–Crippen MR) is 94.6 cm³/mol. The van der Waals surface area contributed by atoms with Crippen LogP contribution in [-0.4, -0.2) is 48.2 Å². The zero-order chi connectivity index (χ0) is 16.5. The van der Waals surface area contributed by atoms with E-state index in [0.29, 0.717) is 12.0 Å². The van der Waals surface area contributed by atoms with Gasteiger partial charge in [0, 0.05) is 45.6 Å². The highest BCUT2D eigenvalue weighted by molar-refractivity contribution is 5.88. The first-order valence-electron chi connectivity index (χ1n) is 8.05. The fraction of sp³-hybridized carbons (Fsp3) is 0.353. The minimum Gasteiger partial charge on any atom is -0.464 e. The van der Waals surface area contributed by atoms with Crippen LogP contribution in [0.15, 0.2) is 41.3 Å². The second-order valence-corrected chi connectivity index (χ2v) is 6.18. The van der Waals surface area contributed by atoms with E-state index in [9.17, 15) is 0 Å². The normalized spacial score (nSPS) is 17.4. The Labute approximate surface area is 140 Å². The van der Waals surface area contributed by atoms with Gasteiger partial charge in [0.1, 0.15) is 17.2 Å². The van der Waals surface area contributed by atoms with E-state index in [-0.39, 0.29) is 0 Å². The molecule has 1 saturated heterocycles. The molecular weight excluding hydrogens is 304 g/mol. The van der Waals surface area contributed by atoms with Gasteiger partial charge in [-0.25, -0.2) is 9.97 Å². The summed E-state index contributed by atoms with van der Waals surface area (Å²) < 4.78 is 5.47. The van der Waals surface area contributed by atoms with Crippen molar-refractivity contribution in [3.63, 3.8) is 0 Å². The van der Waals surface area contributed by atoms with Crippen molar-refractivity contribution in [1.29, 1.82) is 0 Å². The lowest BCUT2D eigenvalue weighted by Gasteiger charge is -2.19. The minimum absolute atomic E-state index is 0.332. The van der Waals surface area contributed by atoms with Gasteiger partial charge in [0.25, 0.3) is 0 Å². The average Bonchev–Trinajstić information content (AvgIpc) is 3.23. The van der Waals surface area contributed by atoms with Gasteiger partial charge in [-0.1, -0.05) is 0 Å². The maximum absolute atomic E-state index is 5.47. The molecule has 0 aliphatic carbocycles. The van der Waals surface area contributed by atoms with Gasteiger partial charge in [-0.2, -0.15) is 4.98 Å². The third-order valence-corrected chi connectivity index (χ3v) is 4.24. The van der Waals surface area contributed by atoms with Gasteiger partial charge in [-0.3, -0.25) is 0 Å². The number of nitrogens with zero attached hydrogens (tertiary/aromatic N) is 5. The third kappa shape index (κ3) is 2.73. The number of rotatable bonds is 4. The smallest absolute Gasteiger partial charge is 0.226 e. The molecule has 3 aromatic heterocycles. The van der Waals surface area contributed by atoms with Crippen molar-refractivity contribution >= 4 is 28.6 Å². The Morgan fingerprint density at radius 1 is 1.21 bits per heavy atom. The van der Waals surface area contributed by atoms with Crippen LogP contribution in [0.4, 0.5) is 17.6 Å². The number of hydrogen-bond donors (Lipinski definition) is 1. The zero-order valence-electron chi connectivity index (χ0n) is 13.8. The van der Waals surface area contributed by atoms with Crippen LogP contribution in [0, 0.1) is 0 Å². The topological polar surface area (TPSA) is 70.3 Å². The average molecular weight is 324 g/mol. The van der Waals surface area contributed by atoms with Crippen molar-refractivity contribution in [2.75, 3.05) is 42.3 Å². The Hall–Kier alpha value is -2.83. The molecule has 3 aromatic rings. The summed E-state index contributed by atoms with van der Waals surface area (Å²) in [6.07, 6.45) is 6.34. The van der Waals surface area contributed by atoms with Crippen LogP contribution in [0.2, 0.25) is 0 Å². The van der Waals surface area contributed by atoms with Gasteiger partial charge >= 0.3 is 0 Å². The van der Waals surface area contributed by atoms with Crippen LogP contribution in [0.25, 0.3) is 11.0 Å². The molecule has 1 fully saturated rings. The van der Waals surface area contributed by atoms with Gasteiger partial charge in [0.05, 0.1) is 11.6 Å². The summed E-state index contributed by atoms with van der Waals surface area (Å²) in [5.41, 5.74) is 0.878. The van der Waals surface area contributed by atoms with E-state index in [4.69, 9.17) is 4.42 Å². The standard InChI is InChI=1S/C17H20N6O/c1-22(2)17-19-8-4-15(21-17)20-12-5-9-23(11-12)16-13-6-10-24-14(13)3-7-18-16/h3-4,6-8,10,12H,5,9,11H2,1-2H3,(H,19,20,21). The van der Waals surface area contributed by atoms with Crippen LogP contribution in [-0.2, 0) is 0 Å². The fourth-order valence-electron chi connectivity index (χ4n) is 3.06. The van der Waals surface area contributed by atoms with E-state index in [0.717, 1.165) is 42.1 Å². The number of anilines is 3. The molecule has 7 nitrogen and oxygen atoms in total. The minimum atomic E-state index is 0.332. The number of hydrogen-bond acceptors (Lipinski definition) is 7. The lowest BCUT2D eigenvalue weighted by atomic mass is 10.2. The summed E-state index contributed by atoms with van der Waals surface area (Å²) >= 11 is 0. The van der Waals surface area contributed by atoms with Crippen LogP contribution in [0.3, 0.4) is 0 Å². The molecule has 1 aliphatic heterocycles. The molecule has 0 saturated carbocycles. The number of aromatic nitrogens is 3. The van der Waals surface area contributed by atoms with E-state index in [2.05, 4.69) is 25.2 Å². The molecule has 0 bridgehead atoms. The van der Waals surface area contributed by atoms with E-state index >= 15 is 0 Å². The number of nitrogens with one attached hydrogen (secondary N) is 1. The number of furan rings is 1. The Morgan fingerprint density at radius 2 is 2.08 bits per heavy atom. The van der Waals surface area contributed by atoms with Crippen molar-refractivity contribution in [1.82, 2.24) is 15.0 Å². The second-order valence-electron chi connectivity index (χ2n) is 6.18. The Balaban J connectivity index is 1.49. The first-order chi connectivity index (χ1) is 11.7. The molecule has 0 radical (unpaired) electrons. The molecule has 1 aliphatic rings. The van der Waals surface area contributed by atoms with Crippen LogP contribution >= 0.6 is 0 Å². The van der Waals surface area contributed by atoms with Crippen LogP contribution in [0.5, 0.6) is 0 Å². The molecule has 1 N–H and O–H groups in total. The molecule has 0 aromatic carbocycles. The largest absolute Gasteiger partial charge is 0.464 e. The van der Waals surface area contributed by atoms with Gasteiger partial charge in [0.15, 0.2) is 0 Å². The van der Waals surface area contributed by atoms with E-state index in [1.54, 1.807) is 18.7 Å². The van der Waals surface area contributed by atoms with Gasteiger partial charge in [-0.15, -0.1) is 0 Å². The van der Waals surface area contributed by atoms with Crippen molar-refractivity contribution < 1.29 is 4.42 Å². The number of fused-ring (bicyclic) bond motifs is 1. The first-order valence-corrected chi connectivity index (χ1v) is 8.05. The highest BCUT2D eigenvalue weighted by Gasteiger charge is 2.25. The number of pyridine rings is 1. The summed E-state index contributed by atoms with van der Waals surface area (Å²) in [5.74, 6) is 2.55. The third-order valence-electron chi connectivity index (χ3n) is 4.24. The summed E-state index contributed by atoms with van der Waals surface area (Å²) in [6, 6.07) is 6.12. The molecular formula is C17H20N6O. The van der Waals surface area contributed by atoms with E-state index in [1.807, 2.05) is 37.2 Å². The van der Waals surface area contributed by atoms with Gasteiger partial charge in [-0.05, 0) is 24.6 Å². The van der Waals surface area contributed by atoms with Crippen molar-refractivity contribution in [2.24, 2.45) is 0 Å². The fourth-order valence-corrected chi connectivity index (χ4v) is 3.06. The lowest BCUT2D eigenvalue weighted by molar-refractivity contribution is 0.615.